The molecule has 1 fully saturated rings. The molecule has 1 saturated carbocycles. The molecule has 0 bridgehead atoms. The van der Waals surface area contributed by atoms with E-state index < -0.39 is 0 Å². The second-order valence-electron chi connectivity index (χ2n) is 6.59. The van der Waals surface area contributed by atoms with Crippen molar-refractivity contribution in [2.75, 3.05) is 19.7 Å². The van der Waals surface area contributed by atoms with Crippen molar-refractivity contribution in [2.45, 2.75) is 58.6 Å². The minimum atomic E-state index is 0.486. The smallest absolute Gasteiger partial charge is 0.125 e. The van der Waals surface area contributed by atoms with Crippen LogP contribution in [0.3, 0.4) is 0 Å². The number of fused-ring (bicyclic) bond motifs is 1. The Morgan fingerprint density at radius 2 is 2.19 bits per heavy atom. The summed E-state index contributed by atoms with van der Waals surface area (Å²) < 4.78 is 6.14. The van der Waals surface area contributed by atoms with Crippen molar-refractivity contribution in [1.82, 2.24) is 14.9 Å². The van der Waals surface area contributed by atoms with Crippen LogP contribution in [0.2, 0.25) is 0 Å². The molecule has 2 aliphatic rings. The normalized spacial score (nSPS) is 26.6. The lowest BCUT2D eigenvalue weighted by Gasteiger charge is -2.31. The average molecular weight is 289 g/mol. The first kappa shape index (κ1) is 14.9. The van der Waals surface area contributed by atoms with Crippen molar-refractivity contribution in [3.05, 3.63) is 23.3 Å². The maximum atomic E-state index is 6.14. The van der Waals surface area contributed by atoms with Crippen LogP contribution >= 0.6 is 0 Å². The molecule has 0 amide bonds. The van der Waals surface area contributed by atoms with Crippen molar-refractivity contribution in [2.24, 2.45) is 5.92 Å². The van der Waals surface area contributed by atoms with Crippen molar-refractivity contribution < 1.29 is 4.74 Å². The fraction of sp³-hybridized carbons (Fsp3) is 0.765. The molecular formula is C17H27N3O. The monoisotopic (exact) mass is 289 g/mol. The summed E-state index contributed by atoms with van der Waals surface area (Å²) in [7, 11) is 0. The van der Waals surface area contributed by atoms with Crippen LogP contribution in [0.25, 0.3) is 0 Å². The highest BCUT2D eigenvalue weighted by molar-refractivity contribution is 5.20. The van der Waals surface area contributed by atoms with Gasteiger partial charge < -0.3 is 4.74 Å². The van der Waals surface area contributed by atoms with Gasteiger partial charge >= 0.3 is 0 Å². The highest BCUT2D eigenvalue weighted by atomic mass is 16.5. The van der Waals surface area contributed by atoms with Crippen LogP contribution in [-0.4, -0.2) is 40.7 Å². The van der Waals surface area contributed by atoms with Crippen molar-refractivity contribution >= 4 is 0 Å². The second kappa shape index (κ2) is 6.84. The second-order valence-corrected chi connectivity index (χ2v) is 6.59. The molecule has 1 aromatic rings. The molecule has 0 radical (unpaired) electrons. The maximum Gasteiger partial charge on any atom is 0.125 e. The van der Waals surface area contributed by atoms with Crippen LogP contribution < -0.4 is 0 Å². The number of aryl methyl sites for hydroxylation is 1. The quantitative estimate of drug-likeness (QED) is 0.854. The SMILES string of the molecule is Cc1ncc2c(n1)CN(CCO[C@@H]1CCCC[C@@H]1C)CC2. The van der Waals surface area contributed by atoms with Gasteiger partial charge in [0.05, 0.1) is 18.4 Å². The third-order valence-corrected chi connectivity index (χ3v) is 4.92. The number of rotatable bonds is 4. The predicted octanol–water partition coefficient (Wildman–Crippen LogP) is 2.74. The van der Waals surface area contributed by atoms with E-state index in [1.54, 1.807) is 0 Å². The molecule has 116 valence electrons. The van der Waals surface area contributed by atoms with Crippen LogP contribution in [0.4, 0.5) is 0 Å². The highest BCUT2D eigenvalue weighted by Crippen LogP contribution is 2.26. The lowest BCUT2D eigenvalue weighted by molar-refractivity contribution is -0.0151. The Bertz CT molecular complexity index is 477. The average Bonchev–Trinajstić information content (AvgIpc) is 2.49. The van der Waals surface area contributed by atoms with Crippen LogP contribution in [0, 0.1) is 12.8 Å². The van der Waals surface area contributed by atoms with Crippen LogP contribution in [-0.2, 0) is 17.7 Å². The first-order valence-corrected chi connectivity index (χ1v) is 8.38. The topological polar surface area (TPSA) is 38.2 Å². The van der Waals surface area contributed by atoms with Gasteiger partial charge in [0.1, 0.15) is 5.82 Å². The molecule has 0 saturated heterocycles. The largest absolute Gasteiger partial charge is 0.377 e. The Kier molecular flexibility index (Phi) is 4.86. The van der Waals surface area contributed by atoms with E-state index in [2.05, 4.69) is 21.8 Å². The molecule has 0 spiro atoms. The standard InChI is InChI=1S/C17H27N3O/c1-13-5-3-4-6-17(13)21-10-9-20-8-7-15-11-18-14(2)19-16(15)12-20/h11,13,17H,3-10,12H2,1-2H3/t13-,17+/m0/s1. The Morgan fingerprint density at radius 3 is 3.05 bits per heavy atom. The summed E-state index contributed by atoms with van der Waals surface area (Å²) in [4.78, 5) is 11.3. The van der Waals surface area contributed by atoms with Gasteiger partial charge in [0.15, 0.2) is 0 Å². The van der Waals surface area contributed by atoms with Gasteiger partial charge in [-0.3, -0.25) is 4.90 Å². The van der Waals surface area contributed by atoms with Gasteiger partial charge in [0.2, 0.25) is 0 Å². The Balaban J connectivity index is 1.46. The molecule has 0 unspecified atom stereocenters. The van der Waals surface area contributed by atoms with Crippen molar-refractivity contribution in [3.63, 3.8) is 0 Å². The van der Waals surface area contributed by atoms with E-state index in [0.29, 0.717) is 6.10 Å². The van der Waals surface area contributed by atoms with E-state index in [-0.39, 0.29) is 0 Å². The van der Waals surface area contributed by atoms with Gasteiger partial charge in [-0.05, 0) is 37.7 Å². The Labute approximate surface area is 127 Å². The molecule has 0 N–H and O–H groups in total. The molecule has 0 aromatic carbocycles. The van der Waals surface area contributed by atoms with E-state index in [1.165, 1.54) is 36.9 Å². The van der Waals surface area contributed by atoms with E-state index in [0.717, 1.165) is 44.4 Å². The summed E-state index contributed by atoms with van der Waals surface area (Å²) in [5.41, 5.74) is 2.53. The van der Waals surface area contributed by atoms with Gasteiger partial charge in [-0.1, -0.05) is 19.8 Å². The summed E-state index contributed by atoms with van der Waals surface area (Å²) in [5, 5.41) is 0. The third kappa shape index (κ3) is 3.80. The summed E-state index contributed by atoms with van der Waals surface area (Å²) >= 11 is 0. The highest BCUT2D eigenvalue weighted by Gasteiger charge is 2.22. The summed E-state index contributed by atoms with van der Waals surface area (Å²) in [5.74, 6) is 1.61. The molecule has 4 nitrogen and oxygen atoms in total. The minimum absolute atomic E-state index is 0.486. The molecule has 3 rings (SSSR count). The van der Waals surface area contributed by atoms with Gasteiger partial charge in [-0.15, -0.1) is 0 Å². The van der Waals surface area contributed by atoms with Crippen molar-refractivity contribution in [1.29, 1.82) is 0 Å². The molecule has 4 heteroatoms. The molecule has 21 heavy (non-hydrogen) atoms. The predicted molar refractivity (Wildman–Crippen MR) is 83.1 cm³/mol. The molecule has 1 aliphatic heterocycles. The zero-order chi connectivity index (χ0) is 14.7. The number of hydrogen-bond acceptors (Lipinski definition) is 4. The Morgan fingerprint density at radius 1 is 1.33 bits per heavy atom. The minimum Gasteiger partial charge on any atom is -0.377 e. The molecule has 1 aromatic heterocycles. The van der Waals surface area contributed by atoms with E-state index >= 15 is 0 Å². The first-order chi connectivity index (χ1) is 10.2. The molecule has 1 aliphatic carbocycles. The molecule has 2 atom stereocenters. The lowest BCUT2D eigenvalue weighted by Crippen LogP contribution is -2.36. The molecular weight excluding hydrogens is 262 g/mol. The van der Waals surface area contributed by atoms with Gasteiger partial charge in [-0.2, -0.15) is 0 Å². The summed E-state index contributed by atoms with van der Waals surface area (Å²) in [6.07, 6.45) is 8.84. The fourth-order valence-electron chi connectivity index (χ4n) is 3.51. The van der Waals surface area contributed by atoms with E-state index in [1.807, 2.05) is 13.1 Å². The van der Waals surface area contributed by atoms with Crippen LogP contribution in [0.5, 0.6) is 0 Å². The zero-order valence-electron chi connectivity index (χ0n) is 13.3. The number of nitrogens with zero attached hydrogens (tertiary/aromatic N) is 3. The fourth-order valence-corrected chi connectivity index (χ4v) is 3.51. The first-order valence-electron chi connectivity index (χ1n) is 8.38. The number of hydrogen-bond donors (Lipinski definition) is 0. The third-order valence-electron chi connectivity index (χ3n) is 4.92. The van der Waals surface area contributed by atoms with Gasteiger partial charge in [0, 0.05) is 25.8 Å². The lowest BCUT2D eigenvalue weighted by atomic mass is 9.88. The number of aromatic nitrogens is 2. The van der Waals surface area contributed by atoms with Crippen LogP contribution in [0.1, 0.15) is 49.7 Å². The number of ether oxygens (including phenoxy) is 1. The van der Waals surface area contributed by atoms with E-state index in [4.69, 9.17) is 4.74 Å². The maximum absolute atomic E-state index is 6.14. The summed E-state index contributed by atoms with van der Waals surface area (Å²) in [6, 6.07) is 0. The molecule has 2 heterocycles. The zero-order valence-corrected chi connectivity index (χ0v) is 13.3. The summed E-state index contributed by atoms with van der Waals surface area (Å²) in [6.45, 7) is 8.22. The van der Waals surface area contributed by atoms with Crippen LogP contribution in [0.15, 0.2) is 6.20 Å². The van der Waals surface area contributed by atoms with Gasteiger partial charge in [0.25, 0.3) is 0 Å². The van der Waals surface area contributed by atoms with E-state index in [9.17, 15) is 0 Å². The Hall–Kier alpha value is -1.00. The van der Waals surface area contributed by atoms with Gasteiger partial charge in [-0.25, -0.2) is 9.97 Å². The van der Waals surface area contributed by atoms with Crippen molar-refractivity contribution in [3.8, 4) is 0 Å².